The lowest BCUT2D eigenvalue weighted by Gasteiger charge is -2.30. The van der Waals surface area contributed by atoms with Gasteiger partial charge in [0.05, 0.1) is 0 Å². The van der Waals surface area contributed by atoms with Crippen molar-refractivity contribution in [2.24, 2.45) is 0 Å². The first kappa shape index (κ1) is 18.3. The van der Waals surface area contributed by atoms with Crippen molar-refractivity contribution >= 4 is 11.5 Å². The van der Waals surface area contributed by atoms with Crippen LogP contribution in [0, 0.1) is 0 Å². The van der Waals surface area contributed by atoms with Crippen molar-refractivity contribution in [2.75, 3.05) is 36.8 Å². The van der Waals surface area contributed by atoms with Crippen LogP contribution in [0.2, 0.25) is 0 Å². The van der Waals surface area contributed by atoms with Gasteiger partial charge in [0.1, 0.15) is 11.6 Å². The van der Waals surface area contributed by atoms with Gasteiger partial charge in [-0.25, -0.2) is 4.98 Å². The predicted octanol–water partition coefficient (Wildman–Crippen LogP) is 3.68. The second-order valence-corrected chi connectivity index (χ2v) is 7.10. The lowest BCUT2D eigenvalue weighted by atomic mass is 9.91. The molecule has 1 saturated heterocycles. The van der Waals surface area contributed by atoms with Gasteiger partial charge in [0.2, 0.25) is 0 Å². The zero-order valence-corrected chi connectivity index (χ0v) is 16.2. The van der Waals surface area contributed by atoms with E-state index in [1.165, 1.54) is 11.3 Å². The number of anilines is 2. The van der Waals surface area contributed by atoms with Crippen LogP contribution in [0.1, 0.15) is 12.5 Å². The molecule has 5 heteroatoms. The molecule has 0 unspecified atom stereocenters. The Bertz CT molecular complexity index is 963. The predicted molar refractivity (Wildman–Crippen MR) is 116 cm³/mol. The van der Waals surface area contributed by atoms with Gasteiger partial charge >= 0.3 is 0 Å². The molecule has 0 aliphatic carbocycles. The van der Waals surface area contributed by atoms with Crippen LogP contribution >= 0.6 is 0 Å². The van der Waals surface area contributed by atoms with Crippen molar-refractivity contribution in [1.82, 2.24) is 10.3 Å². The fraction of sp³-hybridized carbons (Fsp3) is 0.261. The number of nitrogens with zero attached hydrogens (tertiary/aromatic N) is 2. The molecule has 28 heavy (non-hydrogen) atoms. The van der Waals surface area contributed by atoms with Crippen molar-refractivity contribution in [2.45, 2.75) is 13.3 Å². The smallest absolute Gasteiger partial charge is 0.131 e. The first-order chi connectivity index (χ1) is 13.7. The Morgan fingerprint density at radius 2 is 1.82 bits per heavy atom. The summed E-state index contributed by atoms with van der Waals surface area (Å²) in [4.78, 5) is 6.91. The van der Waals surface area contributed by atoms with E-state index in [0.29, 0.717) is 5.82 Å². The molecule has 1 aliphatic rings. The van der Waals surface area contributed by atoms with E-state index in [0.717, 1.165) is 54.9 Å². The summed E-state index contributed by atoms with van der Waals surface area (Å²) in [7, 11) is 0. The van der Waals surface area contributed by atoms with Crippen molar-refractivity contribution in [1.29, 1.82) is 0 Å². The number of rotatable bonds is 4. The van der Waals surface area contributed by atoms with Crippen LogP contribution < -0.4 is 16.0 Å². The van der Waals surface area contributed by atoms with Crippen LogP contribution in [0.5, 0.6) is 5.75 Å². The van der Waals surface area contributed by atoms with E-state index in [1.807, 2.05) is 18.3 Å². The molecule has 2 aromatic carbocycles. The average Bonchev–Trinajstić information content (AvgIpc) is 2.75. The van der Waals surface area contributed by atoms with E-state index < -0.39 is 0 Å². The van der Waals surface area contributed by atoms with Crippen LogP contribution in [0.4, 0.5) is 11.5 Å². The van der Waals surface area contributed by atoms with E-state index in [9.17, 15) is 5.11 Å². The molecule has 0 saturated carbocycles. The first-order valence-electron chi connectivity index (χ1n) is 9.80. The summed E-state index contributed by atoms with van der Waals surface area (Å²) in [5, 5.41) is 13.0. The molecule has 0 radical (unpaired) electrons. The molecule has 4 N–H and O–H groups in total. The number of nitrogen functional groups attached to an aromatic ring is 1. The molecule has 144 valence electrons. The highest BCUT2D eigenvalue weighted by Crippen LogP contribution is 2.37. The number of aromatic hydroxyl groups is 1. The number of hydrogen-bond donors (Lipinski definition) is 3. The zero-order chi connectivity index (χ0) is 19.5. The maximum absolute atomic E-state index is 9.63. The van der Waals surface area contributed by atoms with Gasteiger partial charge in [0, 0.05) is 49.2 Å². The second kappa shape index (κ2) is 7.90. The van der Waals surface area contributed by atoms with E-state index in [4.69, 9.17) is 5.73 Å². The Balaban J connectivity index is 1.80. The highest BCUT2D eigenvalue weighted by Gasteiger charge is 2.17. The average molecular weight is 374 g/mol. The summed E-state index contributed by atoms with van der Waals surface area (Å²) < 4.78 is 0. The lowest BCUT2D eigenvalue weighted by molar-refractivity contribution is 0.475. The van der Waals surface area contributed by atoms with Crippen molar-refractivity contribution < 1.29 is 5.11 Å². The van der Waals surface area contributed by atoms with Gasteiger partial charge in [0.15, 0.2) is 0 Å². The largest absolute Gasteiger partial charge is 0.508 e. The van der Waals surface area contributed by atoms with Gasteiger partial charge in [-0.1, -0.05) is 31.2 Å². The Morgan fingerprint density at radius 3 is 2.54 bits per heavy atom. The van der Waals surface area contributed by atoms with E-state index in [1.54, 1.807) is 12.1 Å². The molecule has 1 aliphatic heterocycles. The Hall–Kier alpha value is -3.05. The third-order valence-electron chi connectivity index (χ3n) is 5.36. The normalized spacial score (nSPS) is 14.2. The first-order valence-corrected chi connectivity index (χ1v) is 9.80. The van der Waals surface area contributed by atoms with Gasteiger partial charge in [-0.15, -0.1) is 0 Å². The van der Waals surface area contributed by atoms with Gasteiger partial charge in [0.25, 0.3) is 0 Å². The molecule has 5 nitrogen and oxygen atoms in total. The molecule has 2 heterocycles. The van der Waals surface area contributed by atoms with Crippen LogP contribution in [0.3, 0.4) is 0 Å². The van der Waals surface area contributed by atoms with E-state index in [-0.39, 0.29) is 5.75 Å². The minimum Gasteiger partial charge on any atom is -0.508 e. The van der Waals surface area contributed by atoms with Crippen molar-refractivity contribution in [3.63, 3.8) is 0 Å². The number of piperazine rings is 1. The van der Waals surface area contributed by atoms with Crippen LogP contribution in [0.15, 0.2) is 54.7 Å². The number of nitrogens with one attached hydrogen (secondary N) is 1. The van der Waals surface area contributed by atoms with Gasteiger partial charge in [-0.2, -0.15) is 0 Å². The minimum atomic E-state index is 0.244. The number of hydrogen-bond acceptors (Lipinski definition) is 5. The number of benzene rings is 2. The van der Waals surface area contributed by atoms with E-state index in [2.05, 4.69) is 46.4 Å². The number of pyridine rings is 1. The molecule has 1 fully saturated rings. The van der Waals surface area contributed by atoms with Crippen molar-refractivity contribution in [3.05, 3.63) is 60.3 Å². The summed E-state index contributed by atoms with van der Waals surface area (Å²) in [5.41, 5.74) is 12.9. The summed E-state index contributed by atoms with van der Waals surface area (Å²) >= 11 is 0. The maximum Gasteiger partial charge on any atom is 0.131 e. The maximum atomic E-state index is 9.63. The van der Waals surface area contributed by atoms with Gasteiger partial charge in [-0.3, -0.25) is 0 Å². The van der Waals surface area contributed by atoms with Crippen LogP contribution in [-0.2, 0) is 6.42 Å². The SMILES string of the molecule is CCc1c(-c2cccc(N3CCNCC3)c2)cnc(N)c1-c1ccc(O)cc1. The lowest BCUT2D eigenvalue weighted by Crippen LogP contribution is -2.43. The number of aromatic nitrogens is 1. The highest BCUT2D eigenvalue weighted by molar-refractivity contribution is 5.85. The molecule has 3 aromatic rings. The Kier molecular flexibility index (Phi) is 5.17. The summed E-state index contributed by atoms with van der Waals surface area (Å²) in [6, 6.07) is 15.8. The monoisotopic (exact) mass is 374 g/mol. The molecular formula is C23H26N4O. The highest BCUT2D eigenvalue weighted by atomic mass is 16.3. The molecule has 0 spiro atoms. The third kappa shape index (κ3) is 3.53. The number of phenolic OH excluding ortho intramolecular Hbond substituents is 1. The van der Waals surface area contributed by atoms with Crippen LogP contribution in [0.25, 0.3) is 22.3 Å². The molecule has 0 atom stereocenters. The fourth-order valence-corrected chi connectivity index (χ4v) is 3.93. The molecule has 0 amide bonds. The Labute approximate surface area is 165 Å². The zero-order valence-electron chi connectivity index (χ0n) is 16.2. The van der Waals surface area contributed by atoms with Gasteiger partial charge in [-0.05, 0) is 47.4 Å². The fourth-order valence-electron chi connectivity index (χ4n) is 3.93. The summed E-state index contributed by atoms with van der Waals surface area (Å²) in [5.74, 6) is 0.762. The minimum absolute atomic E-state index is 0.244. The van der Waals surface area contributed by atoms with Gasteiger partial charge < -0.3 is 21.1 Å². The van der Waals surface area contributed by atoms with Crippen molar-refractivity contribution in [3.8, 4) is 28.0 Å². The third-order valence-corrected chi connectivity index (χ3v) is 5.36. The summed E-state index contributed by atoms with van der Waals surface area (Å²) in [6.45, 7) is 6.20. The Morgan fingerprint density at radius 1 is 1.07 bits per heavy atom. The van der Waals surface area contributed by atoms with E-state index >= 15 is 0 Å². The standard InChI is InChI=1S/C23H26N4O/c1-2-20-21(15-26-23(24)22(20)16-6-8-19(28)9-7-16)17-4-3-5-18(14-17)27-12-10-25-11-13-27/h3-9,14-15,25,28H,2,10-13H2,1H3,(H2,24,26). The van der Waals surface area contributed by atoms with Crippen LogP contribution in [-0.4, -0.2) is 36.3 Å². The summed E-state index contributed by atoms with van der Waals surface area (Å²) in [6.07, 6.45) is 2.73. The second-order valence-electron chi connectivity index (χ2n) is 7.10. The number of phenols is 1. The molecular weight excluding hydrogens is 348 g/mol. The molecule has 4 rings (SSSR count). The topological polar surface area (TPSA) is 74.4 Å². The molecule has 0 bridgehead atoms. The quantitative estimate of drug-likeness (QED) is 0.650. The number of nitrogens with two attached hydrogens (primary N) is 1. The molecule has 1 aromatic heterocycles.